The van der Waals surface area contributed by atoms with Crippen LogP contribution in [0.3, 0.4) is 0 Å². The van der Waals surface area contributed by atoms with Gasteiger partial charge in [-0.3, -0.25) is 9.36 Å². The molecule has 0 unspecified atom stereocenters. The number of aromatic nitrogens is 3. The molecule has 1 amide bonds. The van der Waals surface area contributed by atoms with Crippen molar-refractivity contribution in [1.82, 2.24) is 14.8 Å². The third-order valence-corrected chi connectivity index (χ3v) is 6.18. The number of nitrogens with one attached hydrogen (secondary N) is 1. The Morgan fingerprint density at radius 2 is 1.88 bits per heavy atom. The molecule has 170 valence electrons. The van der Waals surface area contributed by atoms with Crippen LogP contribution in [0.25, 0.3) is 11.4 Å². The fraction of sp³-hybridized carbons (Fsp3) is 0.240. The molecule has 33 heavy (non-hydrogen) atoms. The van der Waals surface area contributed by atoms with Crippen molar-refractivity contribution in [3.8, 4) is 17.1 Å². The fourth-order valence-corrected chi connectivity index (χ4v) is 4.49. The molecule has 0 saturated heterocycles. The maximum atomic E-state index is 12.7. The molecule has 2 heterocycles. The Kier molecular flexibility index (Phi) is 6.84. The van der Waals surface area contributed by atoms with E-state index in [2.05, 4.69) is 27.6 Å². The molecule has 0 aliphatic heterocycles. The van der Waals surface area contributed by atoms with Gasteiger partial charge in [0.05, 0.1) is 25.7 Å². The Balaban J connectivity index is 1.56. The van der Waals surface area contributed by atoms with Gasteiger partial charge in [0.25, 0.3) is 0 Å². The van der Waals surface area contributed by atoms with Crippen LogP contribution in [0.1, 0.15) is 22.5 Å². The number of hydrogen-bond donors (Lipinski definition) is 1. The molecule has 7 nitrogen and oxygen atoms in total. The van der Waals surface area contributed by atoms with E-state index in [4.69, 9.17) is 9.15 Å². The van der Waals surface area contributed by atoms with Crippen molar-refractivity contribution in [2.75, 3.05) is 18.2 Å². The molecule has 2 aromatic heterocycles. The quantitative estimate of drug-likeness (QED) is 0.360. The van der Waals surface area contributed by atoms with Gasteiger partial charge in [0.15, 0.2) is 11.0 Å². The maximum absolute atomic E-state index is 12.7. The standard InChI is InChI=1S/C25H26N4O3S/c1-16-11-17(2)23(18(3)12-16)26-22(30)15-33-25-28-27-24(19-7-5-8-20(13-19)31-4)29(25)14-21-9-6-10-32-21/h5-13H,14-15H2,1-4H3,(H,26,30). The van der Waals surface area contributed by atoms with E-state index in [1.54, 1.807) is 13.4 Å². The van der Waals surface area contributed by atoms with Gasteiger partial charge in [-0.15, -0.1) is 10.2 Å². The minimum Gasteiger partial charge on any atom is -0.497 e. The summed E-state index contributed by atoms with van der Waals surface area (Å²) in [6.07, 6.45) is 1.64. The lowest BCUT2D eigenvalue weighted by Gasteiger charge is -2.13. The first-order valence-electron chi connectivity index (χ1n) is 10.5. The van der Waals surface area contributed by atoms with Crippen molar-refractivity contribution in [1.29, 1.82) is 0 Å². The predicted octanol–water partition coefficient (Wildman–Crippen LogP) is 5.25. The largest absolute Gasteiger partial charge is 0.497 e. The summed E-state index contributed by atoms with van der Waals surface area (Å²) in [5.74, 6) is 2.30. The van der Waals surface area contributed by atoms with Gasteiger partial charge in [0.1, 0.15) is 11.5 Å². The molecule has 4 aromatic rings. The average Bonchev–Trinajstić information content (AvgIpc) is 3.45. The van der Waals surface area contributed by atoms with Crippen LogP contribution in [0, 0.1) is 20.8 Å². The topological polar surface area (TPSA) is 82.2 Å². The number of methoxy groups -OCH3 is 1. The summed E-state index contributed by atoms with van der Waals surface area (Å²) >= 11 is 1.34. The number of carbonyl (C=O) groups is 1. The number of amides is 1. The summed E-state index contributed by atoms with van der Waals surface area (Å²) in [6.45, 7) is 6.51. The lowest BCUT2D eigenvalue weighted by Crippen LogP contribution is -2.16. The smallest absolute Gasteiger partial charge is 0.234 e. The van der Waals surface area contributed by atoms with Crippen LogP contribution in [0.15, 0.2) is 64.4 Å². The van der Waals surface area contributed by atoms with Crippen LogP contribution in [0.2, 0.25) is 0 Å². The Hall–Kier alpha value is -3.52. The Labute approximate surface area is 197 Å². The molecule has 0 radical (unpaired) electrons. The van der Waals surface area contributed by atoms with Crippen molar-refractivity contribution >= 4 is 23.4 Å². The van der Waals surface area contributed by atoms with E-state index in [0.717, 1.165) is 33.9 Å². The highest BCUT2D eigenvalue weighted by Crippen LogP contribution is 2.28. The number of thioether (sulfide) groups is 1. The zero-order valence-electron chi connectivity index (χ0n) is 19.1. The highest BCUT2D eigenvalue weighted by Gasteiger charge is 2.18. The van der Waals surface area contributed by atoms with Crippen molar-refractivity contribution < 1.29 is 13.9 Å². The molecule has 0 bridgehead atoms. The number of carbonyl (C=O) groups excluding carboxylic acids is 1. The Bertz CT molecular complexity index is 1240. The number of anilines is 1. The zero-order valence-corrected chi connectivity index (χ0v) is 19.9. The van der Waals surface area contributed by atoms with Crippen molar-refractivity contribution in [3.63, 3.8) is 0 Å². The summed E-state index contributed by atoms with van der Waals surface area (Å²) in [7, 11) is 1.63. The highest BCUT2D eigenvalue weighted by atomic mass is 32.2. The summed E-state index contributed by atoms with van der Waals surface area (Å²) in [4.78, 5) is 12.7. The molecule has 0 spiro atoms. The molecule has 1 N–H and O–H groups in total. The number of aryl methyl sites for hydroxylation is 3. The second kappa shape index (κ2) is 9.95. The lowest BCUT2D eigenvalue weighted by atomic mass is 10.1. The maximum Gasteiger partial charge on any atom is 0.234 e. The first-order valence-corrected chi connectivity index (χ1v) is 11.5. The molecule has 0 fully saturated rings. The van der Waals surface area contributed by atoms with Crippen LogP contribution in [-0.4, -0.2) is 33.5 Å². The fourth-order valence-electron chi connectivity index (χ4n) is 3.75. The SMILES string of the molecule is COc1cccc(-c2nnc(SCC(=O)Nc3c(C)cc(C)cc3C)n2Cc2ccco2)c1. The van der Waals surface area contributed by atoms with Crippen molar-refractivity contribution in [2.24, 2.45) is 0 Å². The van der Waals surface area contributed by atoms with E-state index in [1.807, 2.05) is 61.7 Å². The number of rotatable bonds is 8. The van der Waals surface area contributed by atoms with Gasteiger partial charge < -0.3 is 14.5 Å². The van der Waals surface area contributed by atoms with Gasteiger partial charge in [0, 0.05) is 11.3 Å². The second-order valence-corrected chi connectivity index (χ2v) is 8.76. The third kappa shape index (κ3) is 5.28. The van der Waals surface area contributed by atoms with Crippen LogP contribution in [0.5, 0.6) is 5.75 Å². The molecule has 2 aromatic carbocycles. The molecule has 8 heteroatoms. The van der Waals surface area contributed by atoms with E-state index < -0.39 is 0 Å². The molecule has 0 saturated carbocycles. The lowest BCUT2D eigenvalue weighted by molar-refractivity contribution is -0.113. The van der Waals surface area contributed by atoms with E-state index in [9.17, 15) is 4.79 Å². The van der Waals surface area contributed by atoms with Gasteiger partial charge in [-0.2, -0.15) is 0 Å². The number of hydrogen-bond acceptors (Lipinski definition) is 6. The number of benzene rings is 2. The monoisotopic (exact) mass is 462 g/mol. The van der Waals surface area contributed by atoms with E-state index >= 15 is 0 Å². The first-order chi connectivity index (χ1) is 15.9. The van der Waals surface area contributed by atoms with E-state index in [-0.39, 0.29) is 11.7 Å². The third-order valence-electron chi connectivity index (χ3n) is 5.21. The Morgan fingerprint density at radius 1 is 1.09 bits per heavy atom. The highest BCUT2D eigenvalue weighted by molar-refractivity contribution is 7.99. The predicted molar refractivity (Wildman–Crippen MR) is 130 cm³/mol. The minimum atomic E-state index is -0.0921. The van der Waals surface area contributed by atoms with E-state index in [1.165, 1.54) is 17.3 Å². The molecule has 0 atom stereocenters. The van der Waals surface area contributed by atoms with Crippen molar-refractivity contribution in [2.45, 2.75) is 32.5 Å². The first kappa shape index (κ1) is 22.7. The molecular formula is C25H26N4O3S. The number of furan rings is 1. The number of ether oxygens (including phenoxy) is 1. The second-order valence-electron chi connectivity index (χ2n) is 7.81. The molecule has 4 rings (SSSR count). The Morgan fingerprint density at radius 3 is 2.58 bits per heavy atom. The normalized spacial score (nSPS) is 10.9. The van der Waals surface area contributed by atoms with Gasteiger partial charge in [-0.25, -0.2) is 0 Å². The van der Waals surface area contributed by atoms with Gasteiger partial charge >= 0.3 is 0 Å². The molecule has 0 aliphatic rings. The summed E-state index contributed by atoms with van der Waals surface area (Å²) in [6, 6.07) is 15.5. The van der Waals surface area contributed by atoms with Crippen LogP contribution in [0.4, 0.5) is 5.69 Å². The van der Waals surface area contributed by atoms with E-state index in [0.29, 0.717) is 17.5 Å². The number of nitrogens with zero attached hydrogens (tertiary/aromatic N) is 3. The summed E-state index contributed by atoms with van der Waals surface area (Å²) < 4.78 is 12.9. The van der Waals surface area contributed by atoms with Crippen LogP contribution < -0.4 is 10.1 Å². The molecular weight excluding hydrogens is 436 g/mol. The summed E-state index contributed by atoms with van der Waals surface area (Å²) in [5, 5.41) is 12.5. The summed E-state index contributed by atoms with van der Waals surface area (Å²) in [5.41, 5.74) is 5.00. The average molecular weight is 463 g/mol. The molecule has 0 aliphatic carbocycles. The van der Waals surface area contributed by atoms with Crippen LogP contribution >= 0.6 is 11.8 Å². The van der Waals surface area contributed by atoms with Gasteiger partial charge in [-0.05, 0) is 56.2 Å². The van der Waals surface area contributed by atoms with Gasteiger partial charge in [0.2, 0.25) is 5.91 Å². The van der Waals surface area contributed by atoms with Gasteiger partial charge in [-0.1, -0.05) is 41.6 Å². The minimum absolute atomic E-state index is 0.0921. The van der Waals surface area contributed by atoms with Crippen molar-refractivity contribution in [3.05, 3.63) is 77.2 Å². The van der Waals surface area contributed by atoms with Crippen LogP contribution in [-0.2, 0) is 11.3 Å². The zero-order chi connectivity index (χ0) is 23.4.